The SMILES string of the molecule is C=C(OCC)c1cc(F)cc2c(=O)n3c(nc12)C1(CC3)CCC(F)(F)C1. The van der Waals surface area contributed by atoms with Crippen LogP contribution >= 0.6 is 0 Å². The number of alkyl halides is 2. The third kappa shape index (κ3) is 2.44. The summed E-state index contributed by atoms with van der Waals surface area (Å²) in [5, 5.41) is 0.117. The van der Waals surface area contributed by atoms with Crippen LogP contribution in [0, 0.1) is 5.82 Å². The third-order valence-corrected chi connectivity index (χ3v) is 5.50. The fourth-order valence-electron chi connectivity index (χ4n) is 4.30. The van der Waals surface area contributed by atoms with Crippen LogP contribution in [0.3, 0.4) is 0 Å². The summed E-state index contributed by atoms with van der Waals surface area (Å²) in [5.41, 5.74) is -0.649. The van der Waals surface area contributed by atoms with Crippen molar-refractivity contribution >= 4 is 16.7 Å². The zero-order chi connectivity index (χ0) is 18.7. The second-order valence-corrected chi connectivity index (χ2v) is 7.16. The molecule has 1 unspecified atom stereocenters. The average Bonchev–Trinajstić information content (AvgIpc) is 3.08. The van der Waals surface area contributed by atoms with Gasteiger partial charge in [0, 0.05) is 30.4 Å². The van der Waals surface area contributed by atoms with Gasteiger partial charge in [-0.3, -0.25) is 9.36 Å². The number of hydrogen-bond donors (Lipinski definition) is 0. The van der Waals surface area contributed by atoms with E-state index in [2.05, 4.69) is 11.6 Å². The molecule has 2 aliphatic rings. The Morgan fingerprint density at radius 1 is 1.35 bits per heavy atom. The third-order valence-electron chi connectivity index (χ3n) is 5.50. The van der Waals surface area contributed by atoms with Gasteiger partial charge in [0.2, 0.25) is 5.92 Å². The van der Waals surface area contributed by atoms with Crippen molar-refractivity contribution in [2.24, 2.45) is 0 Å². The van der Waals surface area contributed by atoms with Gasteiger partial charge in [-0.15, -0.1) is 0 Å². The first kappa shape index (κ1) is 17.1. The molecule has 1 aliphatic heterocycles. The molecule has 26 heavy (non-hydrogen) atoms. The number of rotatable bonds is 3. The van der Waals surface area contributed by atoms with E-state index in [1.54, 1.807) is 6.92 Å². The van der Waals surface area contributed by atoms with Crippen LogP contribution in [0.4, 0.5) is 13.2 Å². The van der Waals surface area contributed by atoms with Crippen molar-refractivity contribution in [3.05, 3.63) is 46.3 Å². The van der Waals surface area contributed by atoms with Crippen molar-refractivity contribution in [1.82, 2.24) is 9.55 Å². The van der Waals surface area contributed by atoms with Gasteiger partial charge in [-0.1, -0.05) is 6.58 Å². The Balaban J connectivity index is 1.97. The van der Waals surface area contributed by atoms with E-state index < -0.39 is 22.7 Å². The molecule has 0 radical (unpaired) electrons. The molecule has 4 nitrogen and oxygen atoms in total. The first-order valence-electron chi connectivity index (χ1n) is 8.71. The van der Waals surface area contributed by atoms with E-state index in [0.29, 0.717) is 31.8 Å². The van der Waals surface area contributed by atoms with Crippen LogP contribution in [0.2, 0.25) is 0 Å². The summed E-state index contributed by atoms with van der Waals surface area (Å²) >= 11 is 0. The van der Waals surface area contributed by atoms with Crippen molar-refractivity contribution in [3.8, 4) is 0 Å². The van der Waals surface area contributed by atoms with Gasteiger partial charge in [0.15, 0.2) is 0 Å². The van der Waals surface area contributed by atoms with E-state index in [0.717, 1.165) is 6.07 Å². The molecule has 0 saturated heterocycles. The van der Waals surface area contributed by atoms with Gasteiger partial charge in [-0.05, 0) is 31.9 Å². The number of benzene rings is 1. The molecular formula is C19H19F3N2O2. The van der Waals surface area contributed by atoms with Crippen molar-refractivity contribution in [3.63, 3.8) is 0 Å². The van der Waals surface area contributed by atoms with Crippen LogP contribution in [0.25, 0.3) is 16.7 Å². The fraction of sp³-hybridized carbons (Fsp3) is 0.474. The highest BCUT2D eigenvalue weighted by Gasteiger charge is 2.54. The molecule has 0 bridgehead atoms. The van der Waals surface area contributed by atoms with Gasteiger partial charge >= 0.3 is 0 Å². The second-order valence-electron chi connectivity index (χ2n) is 7.16. The van der Waals surface area contributed by atoms with Crippen molar-refractivity contribution < 1.29 is 17.9 Å². The Kier molecular flexibility index (Phi) is 3.68. The smallest absolute Gasteiger partial charge is 0.261 e. The molecule has 2 heterocycles. The molecule has 4 rings (SSSR count). The number of halogens is 3. The largest absolute Gasteiger partial charge is 0.494 e. The van der Waals surface area contributed by atoms with Crippen molar-refractivity contribution in [2.45, 2.75) is 50.5 Å². The molecule has 138 valence electrons. The predicted molar refractivity (Wildman–Crippen MR) is 91.7 cm³/mol. The fourth-order valence-corrected chi connectivity index (χ4v) is 4.30. The Morgan fingerprint density at radius 2 is 2.12 bits per heavy atom. The highest BCUT2D eigenvalue weighted by atomic mass is 19.3. The number of fused-ring (bicyclic) bond motifs is 3. The maximum Gasteiger partial charge on any atom is 0.261 e. The monoisotopic (exact) mass is 364 g/mol. The molecule has 7 heteroatoms. The molecule has 1 spiro atoms. The summed E-state index contributed by atoms with van der Waals surface area (Å²) in [4.78, 5) is 17.5. The molecule has 0 N–H and O–H groups in total. The lowest BCUT2D eigenvalue weighted by Crippen LogP contribution is -2.28. The van der Waals surface area contributed by atoms with E-state index in [9.17, 15) is 18.0 Å². The summed E-state index contributed by atoms with van der Waals surface area (Å²) in [7, 11) is 0. The maximum atomic E-state index is 14.1. The molecule has 1 saturated carbocycles. The normalized spacial score (nSPS) is 23.5. The number of ether oxygens (including phenoxy) is 1. The van der Waals surface area contributed by atoms with Gasteiger partial charge in [0.1, 0.15) is 17.4 Å². The number of hydrogen-bond acceptors (Lipinski definition) is 3. The summed E-state index contributed by atoms with van der Waals surface area (Å²) in [6.07, 6.45) is 0.232. The standard InChI is InChI=1S/C19H19F3N2O2/c1-3-26-11(2)13-8-12(20)9-14-15(13)23-17-18(4-5-19(21,22)10-18)6-7-24(17)16(14)25/h8-9H,2-7,10H2,1H3. The highest BCUT2D eigenvalue weighted by Crippen LogP contribution is 2.52. The molecule has 0 amide bonds. The van der Waals surface area contributed by atoms with E-state index in [1.807, 2.05) is 0 Å². The zero-order valence-electron chi connectivity index (χ0n) is 14.4. The number of aromatic nitrogens is 2. The summed E-state index contributed by atoms with van der Waals surface area (Å²) in [6.45, 7) is 6.20. The minimum atomic E-state index is -2.75. The quantitative estimate of drug-likeness (QED) is 0.773. The van der Waals surface area contributed by atoms with Crippen LogP contribution < -0.4 is 5.56 Å². The van der Waals surface area contributed by atoms with E-state index in [1.165, 1.54) is 10.6 Å². The lowest BCUT2D eigenvalue weighted by atomic mass is 9.84. The first-order chi connectivity index (χ1) is 12.3. The molecule has 1 fully saturated rings. The van der Waals surface area contributed by atoms with Gasteiger partial charge in [0.25, 0.3) is 5.56 Å². The highest BCUT2D eigenvalue weighted by molar-refractivity contribution is 5.88. The number of nitrogens with zero attached hydrogens (tertiary/aromatic N) is 2. The Bertz CT molecular complexity index is 983. The molecule has 1 aromatic carbocycles. The predicted octanol–water partition coefficient (Wildman–Crippen LogP) is 4.00. The topological polar surface area (TPSA) is 44.1 Å². The van der Waals surface area contributed by atoms with E-state index in [-0.39, 0.29) is 35.1 Å². The molecule has 1 aliphatic carbocycles. The Morgan fingerprint density at radius 3 is 2.77 bits per heavy atom. The van der Waals surface area contributed by atoms with Crippen molar-refractivity contribution in [1.29, 1.82) is 0 Å². The average molecular weight is 364 g/mol. The van der Waals surface area contributed by atoms with Crippen LogP contribution in [0.15, 0.2) is 23.5 Å². The minimum absolute atomic E-state index is 0.117. The Labute approximate surface area is 148 Å². The van der Waals surface area contributed by atoms with Crippen LogP contribution in [0.1, 0.15) is 44.0 Å². The minimum Gasteiger partial charge on any atom is -0.494 e. The van der Waals surface area contributed by atoms with Crippen molar-refractivity contribution in [2.75, 3.05) is 6.61 Å². The Hall–Kier alpha value is -2.31. The van der Waals surface area contributed by atoms with Gasteiger partial charge < -0.3 is 4.74 Å². The van der Waals surface area contributed by atoms with Gasteiger partial charge in [-0.2, -0.15) is 0 Å². The van der Waals surface area contributed by atoms with Crippen LogP contribution in [-0.4, -0.2) is 22.1 Å². The first-order valence-corrected chi connectivity index (χ1v) is 8.71. The van der Waals surface area contributed by atoms with E-state index in [4.69, 9.17) is 4.74 Å². The summed E-state index contributed by atoms with van der Waals surface area (Å²) in [5.74, 6) is -2.75. The maximum absolute atomic E-state index is 14.1. The van der Waals surface area contributed by atoms with Crippen LogP contribution in [0.5, 0.6) is 0 Å². The lowest BCUT2D eigenvalue weighted by Gasteiger charge is -2.23. The molecule has 2 aromatic rings. The molecule has 1 aromatic heterocycles. The van der Waals surface area contributed by atoms with E-state index >= 15 is 0 Å². The molecular weight excluding hydrogens is 345 g/mol. The van der Waals surface area contributed by atoms with Gasteiger partial charge in [0.05, 0.1) is 17.5 Å². The summed E-state index contributed by atoms with van der Waals surface area (Å²) < 4.78 is 48.7. The van der Waals surface area contributed by atoms with Gasteiger partial charge in [-0.25, -0.2) is 18.2 Å². The molecule has 1 atom stereocenters. The zero-order valence-corrected chi connectivity index (χ0v) is 14.4. The second kappa shape index (κ2) is 5.59. The van der Waals surface area contributed by atoms with Crippen LogP contribution in [-0.2, 0) is 16.7 Å². The lowest BCUT2D eigenvalue weighted by molar-refractivity contribution is 0.00242. The summed E-state index contributed by atoms with van der Waals surface area (Å²) in [6, 6.07) is 2.35.